The summed E-state index contributed by atoms with van der Waals surface area (Å²) in [6.45, 7) is 5.98. The van der Waals surface area contributed by atoms with Crippen molar-refractivity contribution in [3.8, 4) is 22.9 Å². The molecule has 0 saturated carbocycles. The molecule has 0 aliphatic rings. The van der Waals surface area contributed by atoms with E-state index in [1.165, 1.54) is 5.56 Å². The summed E-state index contributed by atoms with van der Waals surface area (Å²) in [6.07, 6.45) is 1.66. The molecule has 0 unspecified atom stereocenters. The highest BCUT2D eigenvalue weighted by molar-refractivity contribution is 6.09. The first kappa shape index (κ1) is 21.9. The zero-order valence-corrected chi connectivity index (χ0v) is 19.0. The van der Waals surface area contributed by atoms with Gasteiger partial charge >= 0.3 is 0 Å². The zero-order chi connectivity index (χ0) is 23.4. The Balaban J connectivity index is 1.62. The van der Waals surface area contributed by atoms with E-state index >= 15 is 0 Å². The van der Waals surface area contributed by atoms with Crippen LogP contribution in [-0.2, 0) is 4.79 Å². The number of nitriles is 1. The summed E-state index contributed by atoms with van der Waals surface area (Å²) < 4.78 is 2.13. The number of hydrogen-bond donors (Lipinski definition) is 1. The molecule has 0 fully saturated rings. The Morgan fingerprint density at radius 1 is 0.879 bits per heavy atom. The molecule has 0 bridgehead atoms. The zero-order valence-electron chi connectivity index (χ0n) is 19.0. The van der Waals surface area contributed by atoms with Gasteiger partial charge in [-0.2, -0.15) is 5.26 Å². The van der Waals surface area contributed by atoms with Crippen molar-refractivity contribution in [3.63, 3.8) is 0 Å². The third-order valence-corrected chi connectivity index (χ3v) is 5.64. The van der Waals surface area contributed by atoms with Crippen LogP contribution in [0, 0.1) is 32.1 Å². The smallest absolute Gasteiger partial charge is 0.266 e. The van der Waals surface area contributed by atoms with Gasteiger partial charge in [0.05, 0.1) is 0 Å². The Kier molecular flexibility index (Phi) is 6.24. The van der Waals surface area contributed by atoms with Crippen molar-refractivity contribution in [1.29, 1.82) is 5.26 Å². The molecular weight excluding hydrogens is 406 g/mol. The number of aromatic nitrogens is 1. The molecule has 33 heavy (non-hydrogen) atoms. The number of nitrogens with one attached hydrogen (secondary N) is 1. The fraction of sp³-hybridized carbons (Fsp3) is 0.103. The Morgan fingerprint density at radius 3 is 2.24 bits per heavy atom. The van der Waals surface area contributed by atoms with Crippen LogP contribution in [0.1, 0.15) is 22.5 Å². The second-order valence-corrected chi connectivity index (χ2v) is 8.07. The van der Waals surface area contributed by atoms with Crippen molar-refractivity contribution in [2.45, 2.75) is 20.8 Å². The Labute approximate surface area is 194 Å². The first-order chi connectivity index (χ1) is 16.0. The van der Waals surface area contributed by atoms with E-state index in [2.05, 4.69) is 46.3 Å². The fourth-order valence-corrected chi connectivity index (χ4v) is 3.99. The minimum atomic E-state index is -0.417. The lowest BCUT2D eigenvalue weighted by atomic mass is 10.1. The van der Waals surface area contributed by atoms with Crippen LogP contribution in [-0.4, -0.2) is 10.5 Å². The molecule has 4 aromatic rings. The number of carbonyl (C=O) groups excluding carboxylic acids is 1. The van der Waals surface area contributed by atoms with E-state index in [1.807, 2.05) is 75.4 Å². The predicted octanol–water partition coefficient (Wildman–Crippen LogP) is 6.62. The van der Waals surface area contributed by atoms with Gasteiger partial charge in [-0.3, -0.25) is 4.79 Å². The molecule has 0 radical (unpaired) electrons. The number of nitrogens with zero attached hydrogens (tertiary/aromatic N) is 2. The summed E-state index contributed by atoms with van der Waals surface area (Å²) in [5, 5.41) is 12.4. The molecule has 0 aliphatic carbocycles. The quantitative estimate of drug-likeness (QED) is 0.285. The van der Waals surface area contributed by atoms with Crippen molar-refractivity contribution >= 4 is 17.7 Å². The van der Waals surface area contributed by atoms with Gasteiger partial charge in [-0.05, 0) is 79.4 Å². The standard InChI is InChI=1S/C29H25N3O/c1-20-8-7-11-27(16-20)31-29(33)26(19-30)18-25-17-21(2)32(22(25)3)28-14-12-24(13-15-28)23-9-5-4-6-10-23/h4-18H,1-3H3,(H,31,33). The average molecular weight is 432 g/mol. The highest BCUT2D eigenvalue weighted by Gasteiger charge is 2.14. The summed E-state index contributed by atoms with van der Waals surface area (Å²) in [4.78, 5) is 12.7. The van der Waals surface area contributed by atoms with Crippen LogP contribution in [0.5, 0.6) is 0 Å². The number of anilines is 1. The largest absolute Gasteiger partial charge is 0.321 e. The SMILES string of the molecule is Cc1cccc(NC(=O)C(C#N)=Cc2cc(C)n(-c3ccc(-c4ccccc4)cc3)c2C)c1. The second-order valence-electron chi connectivity index (χ2n) is 8.07. The number of amides is 1. The lowest BCUT2D eigenvalue weighted by Crippen LogP contribution is -2.13. The van der Waals surface area contributed by atoms with Gasteiger partial charge in [0.1, 0.15) is 11.6 Å². The Hall–Kier alpha value is -4.36. The molecule has 0 atom stereocenters. The third kappa shape index (κ3) is 4.78. The van der Waals surface area contributed by atoms with Crippen molar-refractivity contribution in [1.82, 2.24) is 4.57 Å². The molecule has 0 aliphatic heterocycles. The van der Waals surface area contributed by atoms with E-state index < -0.39 is 5.91 Å². The van der Waals surface area contributed by atoms with E-state index in [0.29, 0.717) is 5.69 Å². The molecule has 162 valence electrons. The minimum absolute atomic E-state index is 0.0659. The van der Waals surface area contributed by atoms with Gasteiger partial charge in [-0.25, -0.2) is 0 Å². The lowest BCUT2D eigenvalue weighted by Gasteiger charge is -2.11. The van der Waals surface area contributed by atoms with Gasteiger partial charge < -0.3 is 9.88 Å². The van der Waals surface area contributed by atoms with E-state index in [9.17, 15) is 10.1 Å². The van der Waals surface area contributed by atoms with Crippen LogP contribution in [0.25, 0.3) is 22.9 Å². The molecule has 3 aromatic carbocycles. The van der Waals surface area contributed by atoms with Gasteiger partial charge in [0.15, 0.2) is 0 Å². The first-order valence-electron chi connectivity index (χ1n) is 10.8. The second kappa shape index (κ2) is 9.42. The average Bonchev–Trinajstić information content (AvgIpc) is 3.10. The normalized spacial score (nSPS) is 11.2. The number of carbonyl (C=O) groups is 1. The third-order valence-electron chi connectivity index (χ3n) is 5.64. The molecule has 4 heteroatoms. The number of benzene rings is 3. The lowest BCUT2D eigenvalue weighted by molar-refractivity contribution is -0.112. The van der Waals surface area contributed by atoms with Gasteiger partial charge in [-0.1, -0.05) is 54.6 Å². The van der Waals surface area contributed by atoms with Gasteiger partial charge in [0, 0.05) is 22.8 Å². The fourth-order valence-electron chi connectivity index (χ4n) is 3.99. The van der Waals surface area contributed by atoms with Crippen molar-refractivity contribution in [2.24, 2.45) is 0 Å². The molecule has 1 amide bonds. The predicted molar refractivity (Wildman–Crippen MR) is 134 cm³/mol. The molecule has 0 saturated heterocycles. The topological polar surface area (TPSA) is 57.8 Å². The van der Waals surface area contributed by atoms with E-state index in [1.54, 1.807) is 6.08 Å². The van der Waals surface area contributed by atoms with Gasteiger partial charge in [0.2, 0.25) is 0 Å². The summed E-state index contributed by atoms with van der Waals surface area (Å²) in [5.74, 6) is -0.417. The van der Waals surface area contributed by atoms with E-state index in [0.717, 1.165) is 33.8 Å². The van der Waals surface area contributed by atoms with Crippen LogP contribution in [0.4, 0.5) is 5.69 Å². The van der Waals surface area contributed by atoms with Crippen molar-refractivity contribution < 1.29 is 4.79 Å². The summed E-state index contributed by atoms with van der Waals surface area (Å²) in [5.41, 5.74) is 7.98. The van der Waals surface area contributed by atoms with Crippen LogP contribution < -0.4 is 5.32 Å². The molecule has 1 heterocycles. The van der Waals surface area contributed by atoms with E-state index in [-0.39, 0.29) is 5.57 Å². The molecule has 4 rings (SSSR count). The minimum Gasteiger partial charge on any atom is -0.321 e. The molecule has 4 nitrogen and oxygen atoms in total. The van der Waals surface area contributed by atoms with E-state index in [4.69, 9.17) is 0 Å². The van der Waals surface area contributed by atoms with Crippen LogP contribution in [0.15, 0.2) is 90.5 Å². The maximum atomic E-state index is 12.7. The number of hydrogen-bond acceptors (Lipinski definition) is 2. The summed E-state index contributed by atoms with van der Waals surface area (Å²) in [7, 11) is 0. The molecule has 1 N–H and O–H groups in total. The number of rotatable bonds is 5. The highest BCUT2D eigenvalue weighted by Crippen LogP contribution is 2.26. The van der Waals surface area contributed by atoms with Gasteiger partial charge in [-0.15, -0.1) is 0 Å². The van der Waals surface area contributed by atoms with Crippen molar-refractivity contribution in [2.75, 3.05) is 5.32 Å². The summed E-state index contributed by atoms with van der Waals surface area (Å²) >= 11 is 0. The van der Waals surface area contributed by atoms with Crippen LogP contribution in [0.3, 0.4) is 0 Å². The summed E-state index contributed by atoms with van der Waals surface area (Å²) in [6, 6.07) is 30.2. The highest BCUT2D eigenvalue weighted by atomic mass is 16.1. The first-order valence-corrected chi connectivity index (χ1v) is 10.8. The Bertz CT molecular complexity index is 1370. The maximum absolute atomic E-state index is 12.7. The monoisotopic (exact) mass is 431 g/mol. The van der Waals surface area contributed by atoms with Crippen molar-refractivity contribution in [3.05, 3.63) is 113 Å². The number of aryl methyl sites for hydroxylation is 2. The van der Waals surface area contributed by atoms with Gasteiger partial charge in [0.25, 0.3) is 5.91 Å². The maximum Gasteiger partial charge on any atom is 0.266 e. The Morgan fingerprint density at radius 2 is 1.58 bits per heavy atom. The molecule has 0 spiro atoms. The van der Waals surface area contributed by atoms with Crippen LogP contribution >= 0.6 is 0 Å². The molecular formula is C29H25N3O. The van der Waals surface area contributed by atoms with Crippen LogP contribution in [0.2, 0.25) is 0 Å². The molecule has 1 aromatic heterocycles.